The molecule has 1 heterocycles. The third-order valence-electron chi connectivity index (χ3n) is 4.00. The van der Waals surface area contributed by atoms with Crippen molar-refractivity contribution < 1.29 is 0 Å². The van der Waals surface area contributed by atoms with E-state index in [-0.39, 0.29) is 0 Å². The third kappa shape index (κ3) is 4.84. The van der Waals surface area contributed by atoms with Gasteiger partial charge in [0.1, 0.15) is 0 Å². The minimum absolute atomic E-state index is 0.766. The normalized spacial score (nSPS) is 23.8. The molecule has 0 aromatic heterocycles. The van der Waals surface area contributed by atoms with Crippen molar-refractivity contribution in [1.29, 1.82) is 0 Å². The Bertz CT molecular complexity index is 170. The standard InChI is InChI=1S/C14H30N2/c1-3-4-5-6-7-8-13(2)16-10-9-14(11-15)12-16/h13-14H,3-12,15H2,1-2H3. The van der Waals surface area contributed by atoms with E-state index in [9.17, 15) is 0 Å². The van der Waals surface area contributed by atoms with Crippen molar-refractivity contribution in [2.24, 2.45) is 11.7 Å². The number of nitrogens with zero attached hydrogens (tertiary/aromatic N) is 1. The lowest BCUT2D eigenvalue weighted by molar-refractivity contribution is 0.234. The van der Waals surface area contributed by atoms with Gasteiger partial charge >= 0.3 is 0 Å². The van der Waals surface area contributed by atoms with Gasteiger partial charge in [-0.1, -0.05) is 39.0 Å². The van der Waals surface area contributed by atoms with Gasteiger partial charge in [-0.05, 0) is 38.8 Å². The lowest BCUT2D eigenvalue weighted by Gasteiger charge is -2.24. The van der Waals surface area contributed by atoms with Gasteiger partial charge in [0.2, 0.25) is 0 Å². The Kier molecular flexibility index (Phi) is 7.06. The Morgan fingerprint density at radius 1 is 1.25 bits per heavy atom. The second kappa shape index (κ2) is 8.08. The van der Waals surface area contributed by atoms with E-state index in [0.717, 1.165) is 18.5 Å². The van der Waals surface area contributed by atoms with Gasteiger partial charge in [-0.15, -0.1) is 0 Å². The van der Waals surface area contributed by atoms with Gasteiger partial charge in [0.15, 0.2) is 0 Å². The van der Waals surface area contributed by atoms with Crippen molar-refractivity contribution in [2.75, 3.05) is 19.6 Å². The van der Waals surface area contributed by atoms with Crippen molar-refractivity contribution in [2.45, 2.75) is 64.8 Å². The molecule has 1 aliphatic rings. The van der Waals surface area contributed by atoms with Gasteiger partial charge in [-0.3, -0.25) is 0 Å². The predicted molar refractivity (Wildman–Crippen MR) is 71.6 cm³/mol. The zero-order valence-electron chi connectivity index (χ0n) is 11.3. The minimum atomic E-state index is 0.766. The van der Waals surface area contributed by atoms with Gasteiger partial charge in [-0.25, -0.2) is 0 Å². The second-order valence-electron chi connectivity index (χ2n) is 5.44. The van der Waals surface area contributed by atoms with Crippen LogP contribution in [0.4, 0.5) is 0 Å². The van der Waals surface area contributed by atoms with Gasteiger partial charge in [0.05, 0.1) is 0 Å². The molecule has 1 rings (SSSR count). The fourth-order valence-electron chi connectivity index (χ4n) is 2.68. The molecule has 0 aromatic rings. The number of nitrogens with two attached hydrogens (primary N) is 1. The first-order chi connectivity index (χ1) is 7.77. The Labute approximate surface area is 102 Å². The Morgan fingerprint density at radius 3 is 2.62 bits per heavy atom. The molecule has 1 fully saturated rings. The van der Waals surface area contributed by atoms with Crippen molar-refractivity contribution in [3.05, 3.63) is 0 Å². The number of rotatable bonds is 8. The topological polar surface area (TPSA) is 29.3 Å². The fourth-order valence-corrected chi connectivity index (χ4v) is 2.68. The molecule has 0 spiro atoms. The van der Waals surface area contributed by atoms with Gasteiger partial charge < -0.3 is 10.6 Å². The summed E-state index contributed by atoms with van der Waals surface area (Å²) in [6.07, 6.45) is 9.71. The van der Waals surface area contributed by atoms with Gasteiger partial charge in [-0.2, -0.15) is 0 Å². The van der Waals surface area contributed by atoms with E-state index in [1.165, 1.54) is 58.0 Å². The Balaban J connectivity index is 2.04. The van der Waals surface area contributed by atoms with Crippen LogP contribution < -0.4 is 5.73 Å². The maximum Gasteiger partial charge on any atom is 0.00670 e. The first kappa shape index (κ1) is 14.0. The van der Waals surface area contributed by atoms with E-state index in [1.54, 1.807) is 0 Å². The van der Waals surface area contributed by atoms with E-state index >= 15 is 0 Å². The molecule has 2 heteroatoms. The Hall–Kier alpha value is -0.0800. The van der Waals surface area contributed by atoms with Gasteiger partial charge in [0, 0.05) is 12.6 Å². The van der Waals surface area contributed by atoms with E-state index in [2.05, 4.69) is 18.7 Å². The number of hydrogen-bond acceptors (Lipinski definition) is 2. The maximum absolute atomic E-state index is 5.72. The van der Waals surface area contributed by atoms with Crippen LogP contribution in [0.1, 0.15) is 58.8 Å². The zero-order valence-corrected chi connectivity index (χ0v) is 11.3. The van der Waals surface area contributed by atoms with Crippen LogP contribution in [0.2, 0.25) is 0 Å². The summed E-state index contributed by atoms with van der Waals surface area (Å²) in [5, 5.41) is 0. The quantitative estimate of drug-likeness (QED) is 0.645. The molecule has 96 valence electrons. The average molecular weight is 226 g/mol. The highest BCUT2D eigenvalue weighted by Crippen LogP contribution is 2.20. The van der Waals surface area contributed by atoms with Crippen LogP contribution >= 0.6 is 0 Å². The highest BCUT2D eigenvalue weighted by Gasteiger charge is 2.24. The largest absolute Gasteiger partial charge is 0.330 e. The molecule has 0 aromatic carbocycles. The molecule has 2 nitrogen and oxygen atoms in total. The molecule has 1 aliphatic heterocycles. The van der Waals surface area contributed by atoms with Crippen LogP contribution in [0.5, 0.6) is 0 Å². The molecule has 16 heavy (non-hydrogen) atoms. The van der Waals surface area contributed by atoms with Crippen LogP contribution in [0, 0.1) is 5.92 Å². The van der Waals surface area contributed by atoms with Crippen LogP contribution in [-0.4, -0.2) is 30.6 Å². The molecular weight excluding hydrogens is 196 g/mol. The van der Waals surface area contributed by atoms with E-state index < -0.39 is 0 Å². The summed E-state index contributed by atoms with van der Waals surface area (Å²) in [4.78, 5) is 2.64. The highest BCUT2D eigenvalue weighted by molar-refractivity contribution is 4.79. The van der Waals surface area contributed by atoms with Crippen molar-refractivity contribution >= 4 is 0 Å². The van der Waals surface area contributed by atoms with Gasteiger partial charge in [0.25, 0.3) is 0 Å². The van der Waals surface area contributed by atoms with Crippen molar-refractivity contribution in [1.82, 2.24) is 4.90 Å². The summed E-state index contributed by atoms with van der Waals surface area (Å²) >= 11 is 0. The molecule has 0 radical (unpaired) electrons. The summed E-state index contributed by atoms with van der Waals surface area (Å²) in [6, 6.07) is 0.776. The molecule has 1 saturated heterocycles. The average Bonchev–Trinajstić information content (AvgIpc) is 2.77. The molecule has 0 saturated carbocycles. The van der Waals surface area contributed by atoms with Crippen LogP contribution in [0.25, 0.3) is 0 Å². The predicted octanol–water partition coefficient (Wildman–Crippen LogP) is 3.02. The molecule has 2 N–H and O–H groups in total. The smallest absolute Gasteiger partial charge is 0.00670 e. The molecule has 0 bridgehead atoms. The van der Waals surface area contributed by atoms with E-state index in [1.807, 2.05) is 0 Å². The number of hydrogen-bond donors (Lipinski definition) is 1. The first-order valence-electron chi connectivity index (χ1n) is 7.22. The number of likely N-dealkylation sites (tertiary alicyclic amines) is 1. The fraction of sp³-hybridized carbons (Fsp3) is 1.00. The zero-order chi connectivity index (χ0) is 11.8. The molecule has 2 unspecified atom stereocenters. The van der Waals surface area contributed by atoms with Crippen molar-refractivity contribution in [3.8, 4) is 0 Å². The first-order valence-corrected chi connectivity index (χ1v) is 7.22. The van der Waals surface area contributed by atoms with Crippen LogP contribution in [0.3, 0.4) is 0 Å². The highest BCUT2D eigenvalue weighted by atomic mass is 15.2. The number of unbranched alkanes of at least 4 members (excludes halogenated alkanes) is 4. The lowest BCUT2D eigenvalue weighted by atomic mass is 10.1. The molecule has 2 atom stereocenters. The summed E-state index contributed by atoms with van der Waals surface area (Å²) < 4.78 is 0. The van der Waals surface area contributed by atoms with Crippen LogP contribution in [0.15, 0.2) is 0 Å². The summed E-state index contributed by atoms with van der Waals surface area (Å²) in [7, 11) is 0. The summed E-state index contributed by atoms with van der Waals surface area (Å²) in [6.45, 7) is 8.06. The minimum Gasteiger partial charge on any atom is -0.330 e. The summed E-state index contributed by atoms with van der Waals surface area (Å²) in [5.74, 6) is 0.766. The lowest BCUT2D eigenvalue weighted by Crippen LogP contribution is -2.31. The molecular formula is C14H30N2. The van der Waals surface area contributed by atoms with Crippen LogP contribution in [-0.2, 0) is 0 Å². The molecule has 0 aliphatic carbocycles. The Morgan fingerprint density at radius 2 is 2.00 bits per heavy atom. The molecule has 0 amide bonds. The van der Waals surface area contributed by atoms with E-state index in [4.69, 9.17) is 5.73 Å². The third-order valence-corrected chi connectivity index (χ3v) is 4.00. The monoisotopic (exact) mass is 226 g/mol. The maximum atomic E-state index is 5.72. The van der Waals surface area contributed by atoms with Crippen molar-refractivity contribution in [3.63, 3.8) is 0 Å². The second-order valence-corrected chi connectivity index (χ2v) is 5.44. The SMILES string of the molecule is CCCCCCCC(C)N1CCC(CN)C1. The summed E-state index contributed by atoms with van der Waals surface area (Å²) in [5.41, 5.74) is 5.72. The van der Waals surface area contributed by atoms with E-state index in [0.29, 0.717) is 0 Å².